The molecule has 0 aliphatic carbocycles. The van der Waals surface area contributed by atoms with Crippen molar-refractivity contribution < 1.29 is 0 Å². The largest absolute Gasteiger partial charge is 0.252 e. The molecule has 2 heterocycles. The van der Waals surface area contributed by atoms with E-state index in [0.717, 1.165) is 34.2 Å². The Morgan fingerprint density at radius 2 is 1.15 bits per heavy atom. The van der Waals surface area contributed by atoms with Crippen molar-refractivity contribution in [1.82, 2.24) is 9.97 Å². The van der Waals surface area contributed by atoms with Crippen molar-refractivity contribution in [3.8, 4) is 0 Å². The highest BCUT2D eigenvalue weighted by molar-refractivity contribution is 6.00. The molecule has 0 aliphatic heterocycles. The summed E-state index contributed by atoms with van der Waals surface area (Å²) in [7, 11) is 0. The number of aryl methyl sites for hydroxylation is 2. The summed E-state index contributed by atoms with van der Waals surface area (Å²) in [6.45, 7) is 7.73. The summed E-state index contributed by atoms with van der Waals surface area (Å²) >= 11 is 0. The van der Waals surface area contributed by atoms with Crippen molar-refractivity contribution in [1.29, 1.82) is 0 Å². The Morgan fingerprint density at radius 3 is 1.50 bits per heavy atom. The van der Waals surface area contributed by atoms with Crippen LogP contribution in [0.5, 0.6) is 0 Å². The van der Waals surface area contributed by atoms with Crippen LogP contribution in [0.1, 0.15) is 36.6 Å². The van der Waals surface area contributed by atoms with Gasteiger partial charge in [0.25, 0.3) is 0 Å². The monoisotopic (exact) mass is 266 g/mol. The lowest BCUT2D eigenvalue weighted by Crippen LogP contribution is -2.01. The highest BCUT2D eigenvalue weighted by Crippen LogP contribution is 2.03. The maximum Gasteiger partial charge on any atom is 0.0863 e. The Balaban J connectivity index is 2.24. The Morgan fingerprint density at radius 1 is 0.750 bits per heavy atom. The molecule has 2 rings (SSSR count). The Bertz CT molecular complexity index is 612. The quantitative estimate of drug-likeness (QED) is 0.632. The third-order valence-corrected chi connectivity index (χ3v) is 2.87. The zero-order valence-corrected chi connectivity index (χ0v) is 12.3. The van der Waals surface area contributed by atoms with Gasteiger partial charge in [-0.1, -0.05) is 12.1 Å². The number of pyridine rings is 2. The zero-order chi connectivity index (χ0) is 14.5. The first kappa shape index (κ1) is 14.1. The van der Waals surface area contributed by atoms with Gasteiger partial charge in [0.1, 0.15) is 0 Å². The number of nitrogens with zero attached hydrogens (tertiary/aromatic N) is 4. The molecule has 0 radical (unpaired) electrons. The summed E-state index contributed by atoms with van der Waals surface area (Å²) in [4.78, 5) is 8.84. The van der Waals surface area contributed by atoms with Gasteiger partial charge in [0.05, 0.1) is 22.8 Å². The molecule has 0 amide bonds. The molecule has 0 N–H and O–H groups in total. The second-order valence-electron chi connectivity index (χ2n) is 4.70. The molecule has 2 aromatic heterocycles. The fourth-order valence-electron chi connectivity index (χ4n) is 1.74. The van der Waals surface area contributed by atoms with Crippen LogP contribution < -0.4 is 0 Å². The highest BCUT2D eigenvalue weighted by atomic mass is 15.2. The average molecular weight is 266 g/mol. The standard InChI is InChI=1S/C16H18N4/c1-11-7-5-9-15(17-11)13(3)19-20-14(4)16-10-6-8-12(2)18-16/h5-10H,1-4H3/b19-13+,20-14?. The summed E-state index contributed by atoms with van der Waals surface area (Å²) in [5.74, 6) is 0. The van der Waals surface area contributed by atoms with Gasteiger partial charge in [-0.3, -0.25) is 9.97 Å². The normalized spacial score (nSPS) is 12.6. The molecule has 0 unspecified atom stereocenters. The maximum atomic E-state index is 4.42. The third kappa shape index (κ3) is 3.57. The van der Waals surface area contributed by atoms with E-state index in [1.165, 1.54) is 0 Å². The first-order valence-electron chi connectivity index (χ1n) is 6.53. The van der Waals surface area contributed by atoms with E-state index < -0.39 is 0 Å². The first-order chi connectivity index (χ1) is 9.56. The molecule has 2 aromatic rings. The van der Waals surface area contributed by atoms with Crippen LogP contribution >= 0.6 is 0 Å². The first-order valence-corrected chi connectivity index (χ1v) is 6.53. The topological polar surface area (TPSA) is 50.5 Å². The van der Waals surface area contributed by atoms with Crippen LogP contribution in [0, 0.1) is 13.8 Å². The van der Waals surface area contributed by atoms with Crippen LogP contribution in [0.4, 0.5) is 0 Å². The summed E-state index contributed by atoms with van der Waals surface area (Å²) in [6.07, 6.45) is 0. The lowest BCUT2D eigenvalue weighted by atomic mass is 10.2. The molecule has 0 bridgehead atoms. The van der Waals surface area contributed by atoms with E-state index in [2.05, 4.69) is 20.2 Å². The second-order valence-corrected chi connectivity index (χ2v) is 4.70. The predicted octanol–water partition coefficient (Wildman–Crippen LogP) is 3.33. The fraction of sp³-hybridized carbons (Fsp3) is 0.250. The van der Waals surface area contributed by atoms with Gasteiger partial charge in [-0.05, 0) is 52.0 Å². The smallest absolute Gasteiger partial charge is 0.0863 e. The minimum atomic E-state index is 0.792. The van der Waals surface area contributed by atoms with Crippen molar-refractivity contribution in [2.24, 2.45) is 10.2 Å². The molecule has 102 valence electrons. The van der Waals surface area contributed by atoms with Gasteiger partial charge in [-0.25, -0.2) is 0 Å². The van der Waals surface area contributed by atoms with Crippen molar-refractivity contribution in [2.75, 3.05) is 0 Å². The van der Waals surface area contributed by atoms with E-state index in [1.54, 1.807) is 0 Å². The van der Waals surface area contributed by atoms with Gasteiger partial charge in [-0.2, -0.15) is 10.2 Å². The zero-order valence-electron chi connectivity index (χ0n) is 12.3. The third-order valence-electron chi connectivity index (χ3n) is 2.87. The predicted molar refractivity (Wildman–Crippen MR) is 82.4 cm³/mol. The molecule has 0 aliphatic rings. The van der Waals surface area contributed by atoms with E-state index in [1.807, 2.05) is 64.1 Å². The molecule has 0 spiro atoms. The summed E-state index contributed by atoms with van der Waals surface area (Å²) in [6, 6.07) is 11.7. The number of aromatic nitrogens is 2. The molecular formula is C16H18N4. The van der Waals surface area contributed by atoms with Crippen molar-refractivity contribution in [3.05, 3.63) is 59.2 Å². The van der Waals surface area contributed by atoms with Gasteiger partial charge in [0, 0.05) is 11.4 Å². The van der Waals surface area contributed by atoms with Gasteiger partial charge in [0.2, 0.25) is 0 Å². The summed E-state index contributed by atoms with van der Waals surface area (Å²) in [5.41, 5.74) is 5.22. The molecule has 0 saturated heterocycles. The molecule has 0 saturated carbocycles. The number of hydrogen-bond acceptors (Lipinski definition) is 4. The summed E-state index contributed by atoms with van der Waals surface area (Å²) in [5, 5.41) is 8.49. The van der Waals surface area contributed by atoms with Crippen molar-refractivity contribution >= 4 is 11.4 Å². The lowest BCUT2D eigenvalue weighted by Gasteiger charge is -2.01. The van der Waals surface area contributed by atoms with E-state index >= 15 is 0 Å². The molecule has 0 aromatic carbocycles. The molecule has 20 heavy (non-hydrogen) atoms. The Hall–Kier alpha value is -2.36. The molecular weight excluding hydrogens is 248 g/mol. The molecule has 4 nitrogen and oxygen atoms in total. The summed E-state index contributed by atoms with van der Waals surface area (Å²) < 4.78 is 0. The number of hydrogen-bond donors (Lipinski definition) is 0. The molecule has 0 atom stereocenters. The van der Waals surface area contributed by atoms with Gasteiger partial charge in [0.15, 0.2) is 0 Å². The van der Waals surface area contributed by atoms with E-state index in [-0.39, 0.29) is 0 Å². The van der Waals surface area contributed by atoms with Gasteiger partial charge >= 0.3 is 0 Å². The Labute approximate surface area is 119 Å². The van der Waals surface area contributed by atoms with Gasteiger partial charge < -0.3 is 0 Å². The van der Waals surface area contributed by atoms with E-state index in [0.29, 0.717) is 0 Å². The van der Waals surface area contributed by atoms with E-state index in [9.17, 15) is 0 Å². The average Bonchev–Trinajstić information content (AvgIpc) is 2.44. The maximum absolute atomic E-state index is 4.42. The Kier molecular flexibility index (Phi) is 4.35. The molecule has 4 heteroatoms. The van der Waals surface area contributed by atoms with Crippen LogP contribution in [-0.4, -0.2) is 21.4 Å². The molecule has 0 fully saturated rings. The van der Waals surface area contributed by atoms with Crippen molar-refractivity contribution in [3.63, 3.8) is 0 Å². The van der Waals surface area contributed by atoms with Gasteiger partial charge in [-0.15, -0.1) is 0 Å². The lowest BCUT2D eigenvalue weighted by molar-refractivity contribution is 1.13. The van der Waals surface area contributed by atoms with Crippen LogP contribution in [0.3, 0.4) is 0 Å². The van der Waals surface area contributed by atoms with Crippen LogP contribution in [0.25, 0.3) is 0 Å². The van der Waals surface area contributed by atoms with Crippen LogP contribution in [-0.2, 0) is 0 Å². The van der Waals surface area contributed by atoms with Crippen molar-refractivity contribution in [2.45, 2.75) is 27.7 Å². The van der Waals surface area contributed by atoms with E-state index in [4.69, 9.17) is 0 Å². The highest BCUT2D eigenvalue weighted by Gasteiger charge is 2.01. The SMILES string of the molecule is CC(=N/N=C(\C)c1cccc(C)n1)c1cccc(C)n1. The van der Waals surface area contributed by atoms with Crippen LogP contribution in [0.15, 0.2) is 46.6 Å². The number of rotatable bonds is 3. The fourth-order valence-corrected chi connectivity index (χ4v) is 1.74. The second kappa shape index (κ2) is 6.19. The minimum Gasteiger partial charge on any atom is -0.252 e. The minimum absolute atomic E-state index is 0.792. The van der Waals surface area contributed by atoms with Crippen LogP contribution in [0.2, 0.25) is 0 Å².